The van der Waals surface area contributed by atoms with Crippen molar-refractivity contribution < 1.29 is 13.7 Å². The smallest absolute Gasteiger partial charge is 0.272 e. The van der Waals surface area contributed by atoms with Crippen LogP contribution in [0, 0.1) is 12.7 Å². The quantitative estimate of drug-likeness (QED) is 0.804. The number of aromatic nitrogens is 3. The van der Waals surface area contributed by atoms with Gasteiger partial charge in [-0.15, -0.1) is 0 Å². The number of hydrogen-bond acceptors (Lipinski definition) is 4. The summed E-state index contributed by atoms with van der Waals surface area (Å²) in [6.07, 6.45) is 1.72. The first kappa shape index (κ1) is 14.0. The van der Waals surface area contributed by atoms with E-state index in [0.29, 0.717) is 24.0 Å². The predicted octanol–water partition coefficient (Wildman–Crippen LogP) is 2.62. The van der Waals surface area contributed by atoms with E-state index >= 15 is 0 Å². The van der Waals surface area contributed by atoms with Crippen LogP contribution in [0.3, 0.4) is 0 Å². The fourth-order valence-corrected chi connectivity index (χ4v) is 2.06. The Labute approximate surface area is 125 Å². The Morgan fingerprint density at radius 2 is 2.14 bits per heavy atom. The molecule has 0 atom stereocenters. The van der Waals surface area contributed by atoms with Gasteiger partial charge in [-0.1, -0.05) is 17.3 Å². The number of carbonyl (C=O) groups is 1. The zero-order chi connectivity index (χ0) is 15.5. The summed E-state index contributed by atoms with van der Waals surface area (Å²) in [6, 6.07) is 9.37. The molecule has 1 N–H and O–H groups in total. The number of benzene rings is 1. The van der Waals surface area contributed by atoms with Crippen molar-refractivity contribution >= 4 is 11.6 Å². The summed E-state index contributed by atoms with van der Waals surface area (Å²) in [7, 11) is 0. The zero-order valence-electron chi connectivity index (χ0n) is 11.8. The Morgan fingerprint density at radius 1 is 1.32 bits per heavy atom. The van der Waals surface area contributed by atoms with Crippen molar-refractivity contribution in [2.75, 3.05) is 5.32 Å². The molecule has 1 amide bonds. The Balaban J connectivity index is 1.79. The van der Waals surface area contributed by atoms with E-state index in [9.17, 15) is 9.18 Å². The van der Waals surface area contributed by atoms with Crippen LogP contribution in [-0.2, 0) is 6.54 Å². The van der Waals surface area contributed by atoms with Gasteiger partial charge in [0, 0.05) is 13.1 Å². The highest BCUT2D eigenvalue weighted by Gasteiger charge is 2.14. The Hall–Kier alpha value is -2.96. The number of hydrogen-bond donors (Lipinski definition) is 1. The van der Waals surface area contributed by atoms with Crippen molar-refractivity contribution in [2.45, 2.75) is 13.5 Å². The number of amides is 1. The molecule has 0 saturated heterocycles. The van der Waals surface area contributed by atoms with E-state index < -0.39 is 11.7 Å². The maximum atomic E-state index is 13.6. The minimum Gasteiger partial charge on any atom is -0.340 e. The van der Waals surface area contributed by atoms with Crippen molar-refractivity contribution in [3.63, 3.8) is 0 Å². The minimum absolute atomic E-state index is 0.135. The van der Waals surface area contributed by atoms with Gasteiger partial charge in [-0.05, 0) is 24.3 Å². The van der Waals surface area contributed by atoms with E-state index in [-0.39, 0.29) is 5.69 Å². The third-order valence-electron chi connectivity index (χ3n) is 3.07. The fourth-order valence-electron chi connectivity index (χ4n) is 2.06. The molecule has 112 valence electrons. The van der Waals surface area contributed by atoms with Crippen molar-refractivity contribution in [3.8, 4) is 0 Å². The lowest BCUT2D eigenvalue weighted by atomic mass is 10.3. The molecule has 0 aliphatic carbocycles. The molecule has 0 aliphatic heterocycles. The summed E-state index contributed by atoms with van der Waals surface area (Å²) in [5.74, 6) is 0.0335. The molecule has 0 aliphatic rings. The molecule has 0 radical (unpaired) electrons. The second-order valence-electron chi connectivity index (χ2n) is 4.68. The molecule has 2 heterocycles. The standard InChI is InChI=1S/C15H13FN4O2/c1-10-17-14(19-22-10)9-20-8-4-7-13(20)15(21)18-12-6-3-2-5-11(12)16/h2-8H,9H2,1H3,(H,18,21). The summed E-state index contributed by atoms with van der Waals surface area (Å²) in [5, 5.41) is 6.34. The first-order chi connectivity index (χ1) is 10.6. The van der Waals surface area contributed by atoms with Crippen molar-refractivity contribution in [1.29, 1.82) is 0 Å². The molecule has 3 rings (SSSR count). The average Bonchev–Trinajstić information content (AvgIpc) is 3.11. The lowest BCUT2D eigenvalue weighted by Gasteiger charge is -2.08. The van der Waals surface area contributed by atoms with Gasteiger partial charge in [0.25, 0.3) is 5.91 Å². The molecular formula is C15H13FN4O2. The molecule has 0 saturated carbocycles. The number of aryl methyl sites for hydroxylation is 1. The van der Waals surface area contributed by atoms with Crippen molar-refractivity contribution in [1.82, 2.24) is 14.7 Å². The summed E-state index contributed by atoms with van der Waals surface area (Å²) < 4.78 is 20.2. The van der Waals surface area contributed by atoms with Crippen LogP contribution in [0.5, 0.6) is 0 Å². The van der Waals surface area contributed by atoms with Gasteiger partial charge in [0.05, 0.1) is 12.2 Å². The second-order valence-corrected chi connectivity index (χ2v) is 4.68. The molecule has 1 aromatic carbocycles. The molecule has 0 spiro atoms. The summed E-state index contributed by atoms with van der Waals surface area (Å²) in [5.41, 5.74) is 0.515. The largest absolute Gasteiger partial charge is 0.340 e. The molecule has 0 fully saturated rings. The Bertz CT molecular complexity index is 809. The van der Waals surface area contributed by atoms with E-state index in [1.165, 1.54) is 12.1 Å². The third-order valence-corrected chi connectivity index (χ3v) is 3.07. The number of para-hydroxylation sites is 1. The first-order valence-corrected chi connectivity index (χ1v) is 6.63. The number of halogens is 1. The average molecular weight is 300 g/mol. The highest BCUT2D eigenvalue weighted by atomic mass is 19.1. The van der Waals surface area contributed by atoms with E-state index in [1.807, 2.05) is 0 Å². The van der Waals surface area contributed by atoms with E-state index in [1.54, 1.807) is 42.0 Å². The predicted molar refractivity (Wildman–Crippen MR) is 76.9 cm³/mol. The molecular weight excluding hydrogens is 287 g/mol. The maximum absolute atomic E-state index is 13.6. The Kier molecular flexibility index (Phi) is 3.69. The topological polar surface area (TPSA) is 73.0 Å². The maximum Gasteiger partial charge on any atom is 0.272 e. The van der Waals surface area contributed by atoms with Gasteiger partial charge in [-0.25, -0.2) is 4.39 Å². The highest BCUT2D eigenvalue weighted by Crippen LogP contribution is 2.15. The van der Waals surface area contributed by atoms with Crippen LogP contribution in [0.25, 0.3) is 0 Å². The van der Waals surface area contributed by atoms with Gasteiger partial charge in [0.2, 0.25) is 5.89 Å². The van der Waals surface area contributed by atoms with Gasteiger partial charge < -0.3 is 14.4 Å². The normalized spacial score (nSPS) is 10.6. The van der Waals surface area contributed by atoms with Crippen LogP contribution in [0.4, 0.5) is 10.1 Å². The van der Waals surface area contributed by atoms with Gasteiger partial charge in [0.1, 0.15) is 11.5 Å². The zero-order valence-corrected chi connectivity index (χ0v) is 11.8. The van der Waals surface area contributed by atoms with E-state index in [2.05, 4.69) is 15.5 Å². The number of rotatable bonds is 4. The number of nitrogens with one attached hydrogen (secondary N) is 1. The second kappa shape index (κ2) is 5.80. The van der Waals surface area contributed by atoms with Crippen LogP contribution in [-0.4, -0.2) is 20.6 Å². The lowest BCUT2D eigenvalue weighted by molar-refractivity contribution is 0.101. The SMILES string of the molecule is Cc1nc(Cn2cccc2C(=O)Nc2ccccc2F)no1. The molecule has 0 bridgehead atoms. The minimum atomic E-state index is -0.484. The van der Waals surface area contributed by atoms with E-state index in [0.717, 1.165) is 0 Å². The van der Waals surface area contributed by atoms with E-state index in [4.69, 9.17) is 4.52 Å². The third kappa shape index (κ3) is 2.88. The molecule has 3 aromatic rings. The van der Waals surface area contributed by atoms with Crippen LogP contribution < -0.4 is 5.32 Å². The van der Waals surface area contributed by atoms with Gasteiger partial charge in [-0.2, -0.15) is 4.98 Å². The highest BCUT2D eigenvalue weighted by molar-refractivity contribution is 6.03. The number of carbonyl (C=O) groups excluding carboxylic acids is 1. The Morgan fingerprint density at radius 3 is 2.86 bits per heavy atom. The lowest BCUT2D eigenvalue weighted by Crippen LogP contribution is -2.18. The number of nitrogens with zero attached hydrogens (tertiary/aromatic N) is 3. The molecule has 0 unspecified atom stereocenters. The first-order valence-electron chi connectivity index (χ1n) is 6.63. The molecule has 6 nitrogen and oxygen atoms in total. The van der Waals surface area contributed by atoms with Crippen molar-refractivity contribution in [2.24, 2.45) is 0 Å². The summed E-state index contributed by atoms with van der Waals surface area (Å²) in [6.45, 7) is 1.99. The molecule has 2 aromatic heterocycles. The monoisotopic (exact) mass is 300 g/mol. The van der Waals surface area contributed by atoms with Crippen LogP contribution >= 0.6 is 0 Å². The van der Waals surface area contributed by atoms with Crippen LogP contribution in [0.1, 0.15) is 22.2 Å². The van der Waals surface area contributed by atoms with Gasteiger partial charge >= 0.3 is 0 Å². The fraction of sp³-hybridized carbons (Fsp3) is 0.133. The van der Waals surface area contributed by atoms with Gasteiger partial charge in [0.15, 0.2) is 5.82 Å². The molecule has 22 heavy (non-hydrogen) atoms. The summed E-state index contributed by atoms with van der Waals surface area (Å²) >= 11 is 0. The summed E-state index contributed by atoms with van der Waals surface area (Å²) in [4.78, 5) is 16.4. The van der Waals surface area contributed by atoms with Gasteiger partial charge in [-0.3, -0.25) is 4.79 Å². The molecule has 7 heteroatoms. The van der Waals surface area contributed by atoms with Crippen molar-refractivity contribution in [3.05, 3.63) is 65.8 Å². The van der Waals surface area contributed by atoms with Crippen LogP contribution in [0.2, 0.25) is 0 Å². The number of anilines is 1. The van der Waals surface area contributed by atoms with Crippen LogP contribution in [0.15, 0.2) is 47.1 Å².